The number of benzene rings is 2. The van der Waals surface area contributed by atoms with Crippen LogP contribution in [0.3, 0.4) is 0 Å². The zero-order valence-corrected chi connectivity index (χ0v) is 16.2. The highest BCUT2D eigenvalue weighted by molar-refractivity contribution is 5.76. The zero-order valence-electron chi connectivity index (χ0n) is 16.2. The molecule has 0 atom stereocenters. The Labute approximate surface area is 168 Å². The van der Waals surface area contributed by atoms with E-state index in [0.717, 1.165) is 11.3 Å². The van der Waals surface area contributed by atoms with E-state index in [1.807, 2.05) is 25.1 Å². The second-order valence-electron chi connectivity index (χ2n) is 6.84. The van der Waals surface area contributed by atoms with E-state index in [9.17, 15) is 9.18 Å². The van der Waals surface area contributed by atoms with Crippen LogP contribution in [0.5, 0.6) is 11.5 Å². The van der Waals surface area contributed by atoms with Crippen molar-refractivity contribution in [1.29, 1.82) is 0 Å². The van der Waals surface area contributed by atoms with E-state index in [2.05, 4.69) is 0 Å². The van der Waals surface area contributed by atoms with Gasteiger partial charge in [-0.2, -0.15) is 0 Å². The summed E-state index contributed by atoms with van der Waals surface area (Å²) in [4.78, 5) is 14.5. The number of halogens is 1. The molecule has 6 heteroatoms. The van der Waals surface area contributed by atoms with E-state index in [0.29, 0.717) is 48.8 Å². The number of hydrogen-bond donors (Lipinski definition) is 0. The normalized spacial score (nSPS) is 12.2. The Morgan fingerprint density at radius 1 is 1.07 bits per heavy atom. The molecule has 5 nitrogen and oxygen atoms in total. The number of fused-ring (bicyclic) bond motifs is 1. The molecule has 0 saturated carbocycles. The van der Waals surface area contributed by atoms with Gasteiger partial charge in [-0.15, -0.1) is 0 Å². The molecule has 2 heterocycles. The van der Waals surface area contributed by atoms with Crippen molar-refractivity contribution in [3.05, 3.63) is 71.7 Å². The predicted octanol–water partition coefficient (Wildman–Crippen LogP) is 4.80. The standard InChI is InChI=1S/C23H22FNO4/c1-2-25(14-16-7-10-21-22(13-16)28-15-27-21)23(26)12-9-17-8-11-20(29-17)18-5-3-4-6-19(18)24/h3-8,10-11,13H,2,9,12,14-15H2,1H3. The first-order valence-corrected chi connectivity index (χ1v) is 9.64. The lowest BCUT2D eigenvalue weighted by atomic mass is 10.1. The van der Waals surface area contributed by atoms with Crippen LogP contribution in [0.1, 0.15) is 24.7 Å². The quantitative estimate of drug-likeness (QED) is 0.577. The molecule has 4 rings (SSSR count). The monoisotopic (exact) mass is 395 g/mol. The van der Waals surface area contributed by atoms with Crippen LogP contribution in [0.15, 0.2) is 59.0 Å². The first kappa shape index (κ1) is 19.1. The number of carbonyl (C=O) groups is 1. The number of rotatable bonds is 7. The molecule has 0 fully saturated rings. The minimum atomic E-state index is -0.328. The fourth-order valence-corrected chi connectivity index (χ4v) is 3.34. The molecule has 0 bridgehead atoms. The molecule has 0 aliphatic carbocycles. The van der Waals surface area contributed by atoms with Gasteiger partial charge in [-0.1, -0.05) is 18.2 Å². The van der Waals surface area contributed by atoms with Crippen LogP contribution in [-0.2, 0) is 17.8 Å². The number of furan rings is 1. The summed E-state index contributed by atoms with van der Waals surface area (Å²) in [5.41, 5.74) is 1.41. The third-order valence-electron chi connectivity index (χ3n) is 4.93. The summed E-state index contributed by atoms with van der Waals surface area (Å²) < 4.78 is 30.4. The lowest BCUT2D eigenvalue weighted by Gasteiger charge is -2.21. The van der Waals surface area contributed by atoms with Crippen molar-refractivity contribution >= 4 is 5.91 Å². The number of aryl methyl sites for hydroxylation is 1. The van der Waals surface area contributed by atoms with E-state index in [-0.39, 0.29) is 18.5 Å². The molecule has 1 aromatic heterocycles. The molecule has 1 aliphatic rings. The highest BCUT2D eigenvalue weighted by atomic mass is 19.1. The van der Waals surface area contributed by atoms with Gasteiger partial charge in [0.15, 0.2) is 11.5 Å². The van der Waals surface area contributed by atoms with Crippen molar-refractivity contribution in [2.75, 3.05) is 13.3 Å². The molecule has 0 radical (unpaired) electrons. The zero-order chi connectivity index (χ0) is 20.2. The second kappa shape index (κ2) is 8.39. The molecule has 0 unspecified atom stereocenters. The molecule has 29 heavy (non-hydrogen) atoms. The molecule has 3 aromatic rings. The van der Waals surface area contributed by atoms with Gasteiger partial charge in [-0.25, -0.2) is 4.39 Å². The fraction of sp³-hybridized carbons (Fsp3) is 0.261. The molecule has 2 aromatic carbocycles. The molecule has 0 spiro atoms. The van der Waals surface area contributed by atoms with Crippen molar-refractivity contribution in [3.8, 4) is 22.8 Å². The topological polar surface area (TPSA) is 51.9 Å². The van der Waals surface area contributed by atoms with Crippen LogP contribution in [0.4, 0.5) is 4.39 Å². The molecule has 1 aliphatic heterocycles. The summed E-state index contributed by atoms with van der Waals surface area (Å²) in [7, 11) is 0. The second-order valence-corrected chi connectivity index (χ2v) is 6.84. The van der Waals surface area contributed by atoms with E-state index in [4.69, 9.17) is 13.9 Å². The average molecular weight is 395 g/mol. The summed E-state index contributed by atoms with van der Waals surface area (Å²) in [6, 6.07) is 15.7. The third kappa shape index (κ3) is 4.26. The maximum Gasteiger partial charge on any atom is 0.231 e. The van der Waals surface area contributed by atoms with Crippen LogP contribution in [-0.4, -0.2) is 24.1 Å². The lowest BCUT2D eigenvalue weighted by molar-refractivity contribution is -0.131. The van der Waals surface area contributed by atoms with E-state index in [1.165, 1.54) is 6.07 Å². The fourth-order valence-electron chi connectivity index (χ4n) is 3.34. The van der Waals surface area contributed by atoms with Crippen molar-refractivity contribution in [3.63, 3.8) is 0 Å². The van der Waals surface area contributed by atoms with Gasteiger partial charge in [0.25, 0.3) is 0 Å². The van der Waals surface area contributed by atoms with E-state index in [1.54, 1.807) is 35.2 Å². The van der Waals surface area contributed by atoms with Crippen molar-refractivity contribution < 1.29 is 23.1 Å². The van der Waals surface area contributed by atoms with E-state index < -0.39 is 0 Å². The number of hydrogen-bond acceptors (Lipinski definition) is 4. The van der Waals surface area contributed by atoms with Crippen LogP contribution in [0, 0.1) is 5.82 Å². The van der Waals surface area contributed by atoms with Crippen molar-refractivity contribution in [1.82, 2.24) is 4.90 Å². The third-order valence-corrected chi connectivity index (χ3v) is 4.93. The summed E-state index contributed by atoms with van der Waals surface area (Å²) in [5.74, 6) is 2.28. The van der Waals surface area contributed by atoms with Gasteiger partial charge in [0.05, 0.1) is 5.56 Å². The Morgan fingerprint density at radius 2 is 1.90 bits per heavy atom. The average Bonchev–Trinajstić information content (AvgIpc) is 3.39. The van der Waals surface area contributed by atoms with Gasteiger partial charge >= 0.3 is 0 Å². The lowest BCUT2D eigenvalue weighted by Crippen LogP contribution is -2.30. The Hall–Kier alpha value is -3.28. The largest absolute Gasteiger partial charge is 0.461 e. The molecular weight excluding hydrogens is 373 g/mol. The van der Waals surface area contributed by atoms with Gasteiger partial charge in [-0.3, -0.25) is 4.79 Å². The van der Waals surface area contributed by atoms with Crippen LogP contribution in [0.25, 0.3) is 11.3 Å². The highest BCUT2D eigenvalue weighted by Gasteiger charge is 2.17. The van der Waals surface area contributed by atoms with Gasteiger partial charge in [-0.05, 0) is 48.9 Å². The molecule has 1 amide bonds. The summed E-state index contributed by atoms with van der Waals surface area (Å²) in [6.45, 7) is 3.29. The summed E-state index contributed by atoms with van der Waals surface area (Å²) in [6.07, 6.45) is 0.785. The Morgan fingerprint density at radius 3 is 2.72 bits per heavy atom. The number of ether oxygens (including phenoxy) is 2. The van der Waals surface area contributed by atoms with Crippen LogP contribution >= 0.6 is 0 Å². The molecular formula is C23H22FNO4. The van der Waals surface area contributed by atoms with E-state index >= 15 is 0 Å². The van der Waals surface area contributed by atoms with Crippen LogP contribution < -0.4 is 9.47 Å². The summed E-state index contributed by atoms with van der Waals surface area (Å²) in [5, 5.41) is 0. The SMILES string of the molecule is CCN(Cc1ccc2c(c1)OCO2)C(=O)CCc1ccc(-c2ccccc2F)o1. The maximum absolute atomic E-state index is 13.9. The Kier molecular flexibility index (Phi) is 5.51. The van der Waals surface area contributed by atoms with Crippen LogP contribution in [0.2, 0.25) is 0 Å². The molecule has 150 valence electrons. The minimum Gasteiger partial charge on any atom is -0.461 e. The number of amides is 1. The van der Waals surface area contributed by atoms with Crippen molar-refractivity contribution in [2.24, 2.45) is 0 Å². The van der Waals surface area contributed by atoms with Gasteiger partial charge < -0.3 is 18.8 Å². The Balaban J connectivity index is 1.36. The minimum absolute atomic E-state index is 0.0361. The Bertz CT molecular complexity index is 1010. The van der Waals surface area contributed by atoms with Gasteiger partial charge in [0.1, 0.15) is 17.3 Å². The summed E-state index contributed by atoms with van der Waals surface area (Å²) >= 11 is 0. The molecule has 0 saturated heterocycles. The number of nitrogens with zero attached hydrogens (tertiary/aromatic N) is 1. The van der Waals surface area contributed by atoms with Crippen molar-refractivity contribution in [2.45, 2.75) is 26.3 Å². The first-order valence-electron chi connectivity index (χ1n) is 9.64. The maximum atomic E-state index is 13.9. The smallest absolute Gasteiger partial charge is 0.231 e. The predicted molar refractivity (Wildman–Crippen MR) is 106 cm³/mol. The van der Waals surface area contributed by atoms with Gasteiger partial charge in [0.2, 0.25) is 12.7 Å². The first-order chi connectivity index (χ1) is 14.1. The molecule has 0 N–H and O–H groups in total. The highest BCUT2D eigenvalue weighted by Crippen LogP contribution is 2.33. The number of carbonyl (C=O) groups excluding carboxylic acids is 1. The van der Waals surface area contributed by atoms with Gasteiger partial charge in [0, 0.05) is 25.9 Å².